The average Bonchev–Trinajstić information content (AvgIpc) is 2.83. The highest BCUT2D eigenvalue weighted by molar-refractivity contribution is 14.1. The highest BCUT2D eigenvalue weighted by atomic mass is 127. The summed E-state index contributed by atoms with van der Waals surface area (Å²) < 4.78 is 5.12. The number of alkyl halides is 1. The van der Waals surface area contributed by atoms with Crippen LogP contribution in [0.15, 0.2) is 0 Å². The number of fused-ring (bicyclic) bond motifs is 1. The lowest BCUT2D eigenvalue weighted by molar-refractivity contribution is -0.170. The van der Waals surface area contributed by atoms with Gasteiger partial charge in [-0.05, 0) is 52.9 Å². The molecular weight excluding hydrogens is 331 g/mol. The molecule has 0 aromatic carbocycles. The van der Waals surface area contributed by atoms with Crippen molar-refractivity contribution in [3.63, 3.8) is 0 Å². The Morgan fingerprint density at radius 3 is 2.59 bits per heavy atom. The Balaban J connectivity index is 2.19. The van der Waals surface area contributed by atoms with Crippen LogP contribution in [0.5, 0.6) is 0 Å². The molecule has 0 spiro atoms. The summed E-state index contributed by atoms with van der Waals surface area (Å²) in [5.41, 5.74) is -1.46. The van der Waals surface area contributed by atoms with Gasteiger partial charge in [0, 0.05) is 0 Å². The summed E-state index contributed by atoms with van der Waals surface area (Å²) in [7, 11) is 0. The van der Waals surface area contributed by atoms with Gasteiger partial charge in [0.1, 0.15) is 11.0 Å². The zero-order chi connectivity index (χ0) is 13.1. The van der Waals surface area contributed by atoms with E-state index in [1.807, 2.05) is 20.8 Å². The Bertz CT molecular complexity index is 385. The quantitative estimate of drug-likeness (QED) is 0.316. The van der Waals surface area contributed by atoms with Crippen LogP contribution in [0.25, 0.3) is 0 Å². The third-order valence-corrected chi connectivity index (χ3v) is 5.56. The molecule has 96 valence electrons. The van der Waals surface area contributed by atoms with Crippen LogP contribution < -0.4 is 0 Å². The molecule has 0 radical (unpaired) electrons. The third-order valence-electron chi connectivity index (χ3n) is 3.75. The number of ether oxygens (including phenoxy) is 1. The van der Waals surface area contributed by atoms with Crippen molar-refractivity contribution in [2.24, 2.45) is 11.3 Å². The summed E-state index contributed by atoms with van der Waals surface area (Å²) in [5, 5.41) is 0. The lowest BCUT2D eigenvalue weighted by Gasteiger charge is -2.34. The molecule has 17 heavy (non-hydrogen) atoms. The summed E-state index contributed by atoms with van der Waals surface area (Å²) in [4.78, 5) is 24.6. The van der Waals surface area contributed by atoms with Gasteiger partial charge in [-0.25, -0.2) is 0 Å². The van der Waals surface area contributed by atoms with Gasteiger partial charge in [0.25, 0.3) is 0 Å². The van der Waals surface area contributed by atoms with Gasteiger partial charge < -0.3 is 4.74 Å². The van der Waals surface area contributed by atoms with Crippen LogP contribution in [0.1, 0.15) is 47.0 Å². The van der Waals surface area contributed by atoms with E-state index in [0.29, 0.717) is 12.3 Å². The van der Waals surface area contributed by atoms with Crippen molar-refractivity contribution in [3.8, 4) is 0 Å². The van der Waals surface area contributed by atoms with Gasteiger partial charge in [0.05, 0.1) is 3.42 Å². The zero-order valence-corrected chi connectivity index (χ0v) is 13.0. The highest BCUT2D eigenvalue weighted by Gasteiger charge is 2.67. The molecule has 3 nitrogen and oxygen atoms in total. The largest absolute Gasteiger partial charge is 0.459 e. The predicted molar refractivity (Wildman–Crippen MR) is 73.1 cm³/mol. The van der Waals surface area contributed by atoms with Crippen LogP contribution in [-0.2, 0) is 14.3 Å². The molecule has 0 aliphatic heterocycles. The average molecular weight is 350 g/mol. The molecule has 2 aliphatic rings. The number of hydrogen-bond donors (Lipinski definition) is 0. The monoisotopic (exact) mass is 350 g/mol. The molecule has 0 aromatic heterocycles. The molecule has 2 aliphatic carbocycles. The van der Waals surface area contributed by atoms with E-state index < -0.39 is 11.0 Å². The molecular formula is C13H19IO3. The van der Waals surface area contributed by atoms with Crippen molar-refractivity contribution in [1.82, 2.24) is 0 Å². The van der Waals surface area contributed by atoms with Crippen molar-refractivity contribution in [3.05, 3.63) is 0 Å². The molecule has 0 heterocycles. The summed E-state index contributed by atoms with van der Waals surface area (Å²) >= 11 is 2.23. The number of Topliss-reactive ketones (excluding diaryl/α,β-unsaturated/α-hetero) is 1. The lowest BCUT2D eigenvalue weighted by atomic mass is 9.74. The molecule has 4 heteroatoms. The second kappa shape index (κ2) is 3.68. The molecule has 2 saturated carbocycles. The highest BCUT2D eigenvalue weighted by Crippen LogP contribution is 2.62. The smallest absolute Gasteiger partial charge is 0.319 e. The van der Waals surface area contributed by atoms with E-state index in [1.54, 1.807) is 6.92 Å². The van der Waals surface area contributed by atoms with E-state index in [2.05, 4.69) is 22.6 Å². The van der Waals surface area contributed by atoms with Crippen molar-refractivity contribution in [2.45, 2.75) is 56.0 Å². The standard InChI is InChI=1S/C13H19IO3/c1-11(2,3)17-10(16)12(4)6-5-8-7-13(8,14)9(12)15/h8H,5-7H2,1-4H3/t8-,12-,13-/m1/s1. The van der Waals surface area contributed by atoms with E-state index in [9.17, 15) is 9.59 Å². The minimum absolute atomic E-state index is 0.0797. The van der Waals surface area contributed by atoms with Gasteiger partial charge in [0.2, 0.25) is 0 Å². The topological polar surface area (TPSA) is 43.4 Å². The van der Waals surface area contributed by atoms with Gasteiger partial charge in [-0.15, -0.1) is 0 Å². The van der Waals surface area contributed by atoms with Crippen molar-refractivity contribution < 1.29 is 14.3 Å². The second-order valence-electron chi connectivity index (χ2n) is 6.47. The van der Waals surface area contributed by atoms with Crippen LogP contribution in [-0.4, -0.2) is 20.8 Å². The maximum absolute atomic E-state index is 12.4. The number of halogens is 1. The summed E-state index contributed by atoms with van der Waals surface area (Å²) in [6.45, 7) is 7.25. The number of carbonyl (C=O) groups is 2. The Morgan fingerprint density at radius 1 is 1.47 bits per heavy atom. The van der Waals surface area contributed by atoms with Crippen LogP contribution in [0, 0.1) is 11.3 Å². The molecule has 0 bridgehead atoms. The SMILES string of the molecule is CC(C)(C)OC(=O)[C@]1(C)CC[C@@H]2C[C@]2(I)C1=O. The van der Waals surface area contributed by atoms with Crippen molar-refractivity contribution >= 4 is 34.3 Å². The number of carbonyl (C=O) groups excluding carboxylic acids is 2. The maximum Gasteiger partial charge on any atom is 0.319 e. The van der Waals surface area contributed by atoms with Gasteiger partial charge in [0.15, 0.2) is 5.78 Å². The number of rotatable bonds is 1. The fourth-order valence-corrected chi connectivity index (χ4v) is 3.97. The Kier molecular flexibility index (Phi) is 2.88. The van der Waals surface area contributed by atoms with Gasteiger partial charge >= 0.3 is 5.97 Å². The van der Waals surface area contributed by atoms with Crippen molar-refractivity contribution in [2.75, 3.05) is 0 Å². The first-order valence-electron chi connectivity index (χ1n) is 6.07. The molecule has 0 N–H and O–H groups in total. The van der Waals surface area contributed by atoms with E-state index in [-0.39, 0.29) is 15.2 Å². The van der Waals surface area contributed by atoms with Crippen LogP contribution >= 0.6 is 22.6 Å². The first-order chi connectivity index (χ1) is 7.59. The second-order valence-corrected chi connectivity index (χ2v) is 8.39. The molecule has 0 saturated heterocycles. The molecule has 3 atom stereocenters. The molecule has 0 unspecified atom stereocenters. The number of hydrogen-bond acceptors (Lipinski definition) is 3. The van der Waals surface area contributed by atoms with E-state index in [4.69, 9.17) is 4.74 Å². The summed E-state index contributed by atoms with van der Waals surface area (Å²) in [6.07, 6.45) is 2.53. The normalized spacial score (nSPS) is 40.8. The predicted octanol–water partition coefficient (Wildman–Crippen LogP) is 2.89. The molecule has 2 rings (SSSR count). The Hall–Kier alpha value is -0.130. The lowest BCUT2D eigenvalue weighted by Crippen LogP contribution is -2.48. The van der Waals surface area contributed by atoms with Crippen LogP contribution in [0.4, 0.5) is 0 Å². The third kappa shape index (κ3) is 2.13. The maximum atomic E-state index is 12.4. The number of esters is 1. The van der Waals surface area contributed by atoms with Gasteiger partial charge in [-0.3, -0.25) is 9.59 Å². The Labute approximate surface area is 116 Å². The molecule has 0 aromatic rings. The van der Waals surface area contributed by atoms with E-state index in [0.717, 1.165) is 12.8 Å². The molecule has 0 amide bonds. The van der Waals surface area contributed by atoms with E-state index >= 15 is 0 Å². The Morgan fingerprint density at radius 2 is 2.06 bits per heavy atom. The minimum atomic E-state index is -0.929. The number of ketones is 1. The summed E-state index contributed by atoms with van der Waals surface area (Å²) in [5.74, 6) is 0.221. The fraction of sp³-hybridized carbons (Fsp3) is 0.846. The van der Waals surface area contributed by atoms with Crippen LogP contribution in [0.2, 0.25) is 0 Å². The van der Waals surface area contributed by atoms with E-state index in [1.165, 1.54) is 0 Å². The first kappa shape index (κ1) is 13.3. The van der Waals surface area contributed by atoms with Crippen molar-refractivity contribution in [1.29, 1.82) is 0 Å². The van der Waals surface area contributed by atoms with Crippen LogP contribution in [0.3, 0.4) is 0 Å². The zero-order valence-electron chi connectivity index (χ0n) is 10.8. The summed E-state index contributed by atoms with van der Waals surface area (Å²) in [6, 6.07) is 0. The molecule has 2 fully saturated rings. The fourth-order valence-electron chi connectivity index (χ4n) is 2.53. The first-order valence-corrected chi connectivity index (χ1v) is 7.15. The van der Waals surface area contributed by atoms with Gasteiger partial charge in [-0.1, -0.05) is 22.6 Å². The minimum Gasteiger partial charge on any atom is -0.459 e. The van der Waals surface area contributed by atoms with Gasteiger partial charge in [-0.2, -0.15) is 0 Å².